The second-order valence-corrected chi connectivity index (χ2v) is 6.39. The number of halogens is 1. The van der Waals surface area contributed by atoms with E-state index in [0.29, 0.717) is 29.9 Å². The SMILES string of the molecule is O=C(c1ccc(-c2ccc(F)cc2)cc1)c1ccc2n1CCC2C(=O)O. The fourth-order valence-corrected chi connectivity index (χ4v) is 3.50. The van der Waals surface area contributed by atoms with Gasteiger partial charge in [0, 0.05) is 17.8 Å². The Kier molecular flexibility index (Phi) is 3.92. The van der Waals surface area contributed by atoms with E-state index in [9.17, 15) is 19.1 Å². The van der Waals surface area contributed by atoms with Crippen molar-refractivity contribution in [3.63, 3.8) is 0 Å². The number of aliphatic carboxylic acids is 1. The van der Waals surface area contributed by atoms with Crippen molar-refractivity contribution in [2.24, 2.45) is 0 Å². The number of carbonyl (C=O) groups is 2. The molecule has 0 radical (unpaired) electrons. The molecule has 0 bridgehead atoms. The lowest BCUT2D eigenvalue weighted by atomic mass is 10.0. The molecule has 130 valence electrons. The van der Waals surface area contributed by atoms with Gasteiger partial charge < -0.3 is 9.67 Å². The third kappa shape index (κ3) is 2.71. The molecule has 0 fully saturated rings. The van der Waals surface area contributed by atoms with Gasteiger partial charge in [-0.25, -0.2) is 4.39 Å². The second-order valence-electron chi connectivity index (χ2n) is 6.39. The molecule has 1 atom stereocenters. The molecule has 0 saturated heterocycles. The molecule has 1 unspecified atom stereocenters. The van der Waals surface area contributed by atoms with Crippen LogP contribution in [0.5, 0.6) is 0 Å². The summed E-state index contributed by atoms with van der Waals surface area (Å²) in [6, 6.07) is 16.7. The quantitative estimate of drug-likeness (QED) is 0.722. The van der Waals surface area contributed by atoms with Crippen LogP contribution in [-0.4, -0.2) is 21.4 Å². The number of hydrogen-bond acceptors (Lipinski definition) is 2. The molecule has 3 aromatic rings. The summed E-state index contributed by atoms with van der Waals surface area (Å²) in [5.41, 5.74) is 3.50. The zero-order valence-electron chi connectivity index (χ0n) is 13.9. The van der Waals surface area contributed by atoms with Gasteiger partial charge >= 0.3 is 5.97 Å². The molecule has 1 aliphatic heterocycles. The van der Waals surface area contributed by atoms with Gasteiger partial charge in [-0.3, -0.25) is 9.59 Å². The maximum Gasteiger partial charge on any atom is 0.312 e. The molecular weight excluding hydrogens is 333 g/mol. The number of nitrogens with zero attached hydrogens (tertiary/aromatic N) is 1. The van der Waals surface area contributed by atoms with Crippen molar-refractivity contribution >= 4 is 11.8 Å². The van der Waals surface area contributed by atoms with Crippen LogP contribution < -0.4 is 0 Å². The first-order valence-electron chi connectivity index (χ1n) is 8.37. The van der Waals surface area contributed by atoms with Gasteiger partial charge in [-0.1, -0.05) is 36.4 Å². The molecule has 4 rings (SSSR count). The van der Waals surface area contributed by atoms with Gasteiger partial charge in [0.25, 0.3) is 0 Å². The molecule has 2 aromatic carbocycles. The topological polar surface area (TPSA) is 59.3 Å². The molecule has 0 amide bonds. The Balaban J connectivity index is 1.61. The molecule has 1 N–H and O–H groups in total. The van der Waals surface area contributed by atoms with Crippen molar-refractivity contribution < 1.29 is 19.1 Å². The molecular formula is C21H16FNO3. The Bertz CT molecular complexity index is 987. The number of carboxylic acids is 1. The summed E-state index contributed by atoms with van der Waals surface area (Å²) >= 11 is 0. The minimum atomic E-state index is -0.857. The third-order valence-electron chi connectivity index (χ3n) is 4.87. The van der Waals surface area contributed by atoms with Crippen molar-refractivity contribution in [3.8, 4) is 11.1 Å². The van der Waals surface area contributed by atoms with Crippen molar-refractivity contribution in [3.05, 3.63) is 83.4 Å². The van der Waals surface area contributed by atoms with Crippen LogP contribution in [0.1, 0.15) is 34.1 Å². The predicted molar refractivity (Wildman–Crippen MR) is 94.7 cm³/mol. The average Bonchev–Trinajstić information content (AvgIpc) is 3.24. The molecule has 26 heavy (non-hydrogen) atoms. The molecule has 5 heteroatoms. The van der Waals surface area contributed by atoms with Gasteiger partial charge in [0.15, 0.2) is 0 Å². The molecule has 0 saturated carbocycles. The third-order valence-corrected chi connectivity index (χ3v) is 4.87. The van der Waals surface area contributed by atoms with Crippen LogP contribution in [0.15, 0.2) is 60.7 Å². The first-order valence-corrected chi connectivity index (χ1v) is 8.37. The maximum atomic E-state index is 13.0. The van der Waals surface area contributed by atoms with Crippen molar-refractivity contribution in [2.45, 2.75) is 18.9 Å². The fraction of sp³-hybridized carbons (Fsp3) is 0.143. The van der Waals surface area contributed by atoms with E-state index >= 15 is 0 Å². The Morgan fingerprint density at radius 2 is 1.54 bits per heavy atom. The molecule has 1 aliphatic rings. The first kappa shape index (κ1) is 16.3. The smallest absolute Gasteiger partial charge is 0.312 e. The maximum absolute atomic E-state index is 13.0. The van der Waals surface area contributed by atoms with Crippen LogP contribution in [0, 0.1) is 5.82 Å². The lowest BCUT2D eigenvalue weighted by Gasteiger charge is -2.07. The van der Waals surface area contributed by atoms with Crippen LogP contribution in [-0.2, 0) is 11.3 Å². The number of carbonyl (C=O) groups excluding carboxylic acids is 1. The standard InChI is InChI=1S/C21H16FNO3/c22-16-7-5-14(6-8-16)13-1-3-15(4-2-13)20(24)19-10-9-18-17(21(25)26)11-12-23(18)19/h1-10,17H,11-12H2,(H,25,26). The van der Waals surface area contributed by atoms with Crippen molar-refractivity contribution in [1.29, 1.82) is 0 Å². The minimum Gasteiger partial charge on any atom is -0.481 e. The van der Waals surface area contributed by atoms with Gasteiger partial charge in [-0.15, -0.1) is 0 Å². The Morgan fingerprint density at radius 3 is 2.15 bits per heavy atom. The lowest BCUT2D eigenvalue weighted by molar-refractivity contribution is -0.138. The van der Waals surface area contributed by atoms with Crippen LogP contribution in [0.3, 0.4) is 0 Å². The number of fused-ring (bicyclic) bond motifs is 1. The summed E-state index contributed by atoms with van der Waals surface area (Å²) in [5.74, 6) is -1.82. The first-order chi connectivity index (χ1) is 12.5. The number of benzene rings is 2. The zero-order valence-corrected chi connectivity index (χ0v) is 13.9. The number of hydrogen-bond donors (Lipinski definition) is 1. The van der Waals surface area contributed by atoms with Crippen LogP contribution >= 0.6 is 0 Å². The van der Waals surface area contributed by atoms with Gasteiger partial charge in [-0.05, 0) is 41.8 Å². The highest BCUT2D eigenvalue weighted by molar-refractivity contribution is 6.08. The summed E-state index contributed by atoms with van der Waals surface area (Å²) in [6.07, 6.45) is 0.509. The van der Waals surface area contributed by atoms with E-state index in [1.54, 1.807) is 41.0 Å². The van der Waals surface area contributed by atoms with Crippen LogP contribution in [0.2, 0.25) is 0 Å². The van der Waals surface area contributed by atoms with Gasteiger partial charge in [0.1, 0.15) is 5.82 Å². The lowest BCUT2D eigenvalue weighted by Crippen LogP contribution is -2.10. The highest BCUT2D eigenvalue weighted by Crippen LogP contribution is 2.31. The Hall–Kier alpha value is -3.21. The van der Waals surface area contributed by atoms with Gasteiger partial charge in [0.2, 0.25) is 5.78 Å². The average molecular weight is 349 g/mol. The normalized spacial score (nSPS) is 15.7. The minimum absolute atomic E-state index is 0.132. The zero-order chi connectivity index (χ0) is 18.3. The molecule has 1 aromatic heterocycles. The van der Waals surface area contributed by atoms with Crippen LogP contribution in [0.4, 0.5) is 4.39 Å². The second kappa shape index (κ2) is 6.26. The number of rotatable bonds is 4. The summed E-state index contributed by atoms with van der Waals surface area (Å²) < 4.78 is 14.8. The fourth-order valence-electron chi connectivity index (χ4n) is 3.50. The van der Waals surface area contributed by atoms with Crippen molar-refractivity contribution in [1.82, 2.24) is 4.57 Å². The summed E-state index contributed by atoms with van der Waals surface area (Å²) in [7, 11) is 0. The monoisotopic (exact) mass is 349 g/mol. The molecule has 4 nitrogen and oxygen atoms in total. The Morgan fingerprint density at radius 1 is 0.923 bits per heavy atom. The number of aromatic nitrogens is 1. The predicted octanol–water partition coefficient (Wildman–Crippen LogP) is 4.10. The van der Waals surface area contributed by atoms with E-state index in [4.69, 9.17) is 0 Å². The van der Waals surface area contributed by atoms with E-state index in [0.717, 1.165) is 11.1 Å². The molecule has 0 aliphatic carbocycles. The van der Waals surface area contributed by atoms with Crippen molar-refractivity contribution in [2.75, 3.05) is 0 Å². The van der Waals surface area contributed by atoms with E-state index in [2.05, 4.69) is 0 Å². The number of carboxylic acid groups (broad SMARTS) is 1. The highest BCUT2D eigenvalue weighted by atomic mass is 19.1. The molecule has 0 spiro atoms. The summed E-state index contributed by atoms with van der Waals surface area (Å²) in [4.78, 5) is 24.1. The number of ketones is 1. The van der Waals surface area contributed by atoms with Gasteiger partial charge in [-0.2, -0.15) is 0 Å². The largest absolute Gasteiger partial charge is 0.481 e. The van der Waals surface area contributed by atoms with E-state index in [1.165, 1.54) is 12.1 Å². The highest BCUT2D eigenvalue weighted by Gasteiger charge is 2.31. The summed E-state index contributed by atoms with van der Waals surface area (Å²) in [5, 5.41) is 9.26. The van der Waals surface area contributed by atoms with E-state index < -0.39 is 11.9 Å². The molecule has 2 heterocycles. The Labute approximate surface area is 149 Å². The van der Waals surface area contributed by atoms with E-state index in [1.807, 2.05) is 12.1 Å². The van der Waals surface area contributed by atoms with Crippen LogP contribution in [0.25, 0.3) is 11.1 Å². The van der Waals surface area contributed by atoms with E-state index in [-0.39, 0.29) is 11.6 Å². The summed E-state index contributed by atoms with van der Waals surface area (Å²) in [6.45, 7) is 0.536. The van der Waals surface area contributed by atoms with Gasteiger partial charge in [0.05, 0.1) is 11.6 Å².